The van der Waals surface area contributed by atoms with E-state index in [0.717, 1.165) is 10.8 Å². The Morgan fingerprint density at radius 2 is 2.23 bits per heavy atom. The molecule has 4 nitrogen and oxygen atoms in total. The van der Waals surface area contributed by atoms with Crippen molar-refractivity contribution in [2.24, 2.45) is 5.73 Å². The molecule has 0 aliphatic heterocycles. The van der Waals surface area contributed by atoms with Gasteiger partial charge in [0.15, 0.2) is 10.9 Å². The van der Waals surface area contributed by atoms with E-state index in [1.807, 2.05) is 25.9 Å². The Bertz CT molecular complexity index is 319. The molecule has 0 unspecified atom stereocenters. The number of hydrogen-bond donors (Lipinski definition) is 1. The van der Waals surface area contributed by atoms with Crippen molar-refractivity contribution >= 4 is 22.3 Å². The fraction of sp³-hybridized carbons (Fsp3) is 0.500. The van der Waals surface area contributed by atoms with Gasteiger partial charge in [0.25, 0.3) is 0 Å². The Balaban J connectivity index is 3.03. The van der Waals surface area contributed by atoms with Crippen LogP contribution in [0.2, 0.25) is 0 Å². The first-order valence-electron chi connectivity index (χ1n) is 3.94. The SMILES string of the molecule is Cc1nc(N(C)C)sc1C(=O)CN. The summed E-state index contributed by atoms with van der Waals surface area (Å²) in [7, 11) is 3.80. The maximum absolute atomic E-state index is 11.3. The minimum atomic E-state index is -0.0388. The standard InChI is InChI=1S/C8H13N3OS/c1-5-7(6(12)4-9)13-8(10-5)11(2)3/h4,9H2,1-3H3. The van der Waals surface area contributed by atoms with Crippen molar-refractivity contribution in [1.82, 2.24) is 4.98 Å². The molecular formula is C8H13N3OS. The highest BCUT2D eigenvalue weighted by molar-refractivity contribution is 7.17. The number of nitrogens with zero attached hydrogens (tertiary/aromatic N) is 2. The van der Waals surface area contributed by atoms with Crippen molar-refractivity contribution < 1.29 is 4.79 Å². The maximum Gasteiger partial charge on any atom is 0.188 e. The molecule has 1 rings (SSSR count). The molecule has 0 radical (unpaired) electrons. The van der Waals surface area contributed by atoms with Gasteiger partial charge in [0.1, 0.15) is 0 Å². The topological polar surface area (TPSA) is 59.2 Å². The van der Waals surface area contributed by atoms with Gasteiger partial charge in [-0.2, -0.15) is 0 Å². The molecule has 0 amide bonds. The van der Waals surface area contributed by atoms with Gasteiger partial charge in [0, 0.05) is 14.1 Å². The molecule has 0 spiro atoms. The predicted molar refractivity (Wildman–Crippen MR) is 54.6 cm³/mol. The van der Waals surface area contributed by atoms with E-state index >= 15 is 0 Å². The Morgan fingerprint density at radius 3 is 2.62 bits per heavy atom. The largest absolute Gasteiger partial charge is 0.354 e. The third-order valence-electron chi connectivity index (χ3n) is 1.61. The van der Waals surface area contributed by atoms with E-state index in [4.69, 9.17) is 5.73 Å². The minimum Gasteiger partial charge on any atom is -0.354 e. The molecular weight excluding hydrogens is 186 g/mol. The third kappa shape index (κ3) is 2.05. The van der Waals surface area contributed by atoms with E-state index in [-0.39, 0.29) is 12.3 Å². The van der Waals surface area contributed by atoms with Crippen LogP contribution in [0, 0.1) is 6.92 Å². The highest BCUT2D eigenvalue weighted by atomic mass is 32.1. The van der Waals surface area contributed by atoms with E-state index in [0.29, 0.717) is 4.88 Å². The number of carbonyl (C=O) groups is 1. The lowest BCUT2D eigenvalue weighted by molar-refractivity contribution is 0.100. The Kier molecular flexibility index (Phi) is 3.00. The number of thiazole rings is 1. The van der Waals surface area contributed by atoms with Gasteiger partial charge < -0.3 is 10.6 Å². The average molecular weight is 199 g/mol. The second kappa shape index (κ2) is 3.85. The van der Waals surface area contributed by atoms with E-state index in [1.165, 1.54) is 11.3 Å². The number of nitrogens with two attached hydrogens (primary N) is 1. The molecule has 5 heteroatoms. The summed E-state index contributed by atoms with van der Waals surface area (Å²) >= 11 is 1.39. The molecule has 0 aliphatic carbocycles. The van der Waals surface area contributed by atoms with E-state index < -0.39 is 0 Å². The van der Waals surface area contributed by atoms with Crippen LogP contribution in [0.3, 0.4) is 0 Å². The molecule has 0 bridgehead atoms. The molecule has 72 valence electrons. The maximum atomic E-state index is 11.3. The van der Waals surface area contributed by atoms with Gasteiger partial charge in [-0.25, -0.2) is 4.98 Å². The number of hydrogen-bond acceptors (Lipinski definition) is 5. The van der Waals surface area contributed by atoms with Gasteiger partial charge in [-0.15, -0.1) is 0 Å². The monoisotopic (exact) mass is 199 g/mol. The van der Waals surface area contributed by atoms with Crippen LogP contribution in [-0.2, 0) is 0 Å². The summed E-state index contributed by atoms with van der Waals surface area (Å²) < 4.78 is 0. The van der Waals surface area contributed by atoms with Gasteiger partial charge >= 0.3 is 0 Å². The van der Waals surface area contributed by atoms with Crippen LogP contribution in [0.1, 0.15) is 15.4 Å². The van der Waals surface area contributed by atoms with Crippen LogP contribution in [-0.4, -0.2) is 31.4 Å². The number of anilines is 1. The van der Waals surface area contributed by atoms with Crippen LogP contribution in [0.15, 0.2) is 0 Å². The highest BCUT2D eigenvalue weighted by Crippen LogP contribution is 2.24. The molecule has 0 fully saturated rings. The normalized spacial score (nSPS) is 10.2. The van der Waals surface area contributed by atoms with Gasteiger partial charge in [-0.05, 0) is 6.92 Å². The van der Waals surface area contributed by atoms with Crippen LogP contribution >= 0.6 is 11.3 Å². The first-order valence-corrected chi connectivity index (χ1v) is 4.76. The van der Waals surface area contributed by atoms with Crippen molar-refractivity contribution in [3.8, 4) is 0 Å². The molecule has 1 aromatic rings. The van der Waals surface area contributed by atoms with Crippen LogP contribution < -0.4 is 10.6 Å². The predicted octanol–water partition coefficient (Wildman–Crippen LogP) is 0.659. The Labute approximate surface area is 81.4 Å². The fourth-order valence-electron chi connectivity index (χ4n) is 0.925. The average Bonchev–Trinajstić information content (AvgIpc) is 2.46. The molecule has 0 atom stereocenters. The van der Waals surface area contributed by atoms with Gasteiger partial charge in [-0.3, -0.25) is 4.79 Å². The lowest BCUT2D eigenvalue weighted by Gasteiger charge is -2.04. The fourth-order valence-corrected chi connectivity index (χ4v) is 1.86. The summed E-state index contributed by atoms with van der Waals surface area (Å²) in [6.45, 7) is 1.88. The molecule has 0 aliphatic rings. The first-order chi connectivity index (χ1) is 6.06. The Morgan fingerprint density at radius 1 is 1.62 bits per heavy atom. The summed E-state index contributed by atoms with van der Waals surface area (Å²) in [5.41, 5.74) is 6.04. The number of carbonyl (C=O) groups excluding carboxylic acids is 1. The summed E-state index contributed by atoms with van der Waals surface area (Å²) in [6, 6.07) is 0. The van der Waals surface area contributed by atoms with Crippen molar-refractivity contribution in [1.29, 1.82) is 0 Å². The van der Waals surface area contributed by atoms with Crippen molar-refractivity contribution in [3.05, 3.63) is 10.6 Å². The summed E-state index contributed by atoms with van der Waals surface area (Å²) in [6.07, 6.45) is 0. The number of Topliss-reactive ketones (excluding diaryl/α,β-unsaturated/α-hetero) is 1. The van der Waals surface area contributed by atoms with Crippen molar-refractivity contribution in [3.63, 3.8) is 0 Å². The van der Waals surface area contributed by atoms with Crippen LogP contribution in [0.25, 0.3) is 0 Å². The van der Waals surface area contributed by atoms with Gasteiger partial charge in [0.05, 0.1) is 17.1 Å². The minimum absolute atomic E-state index is 0.0388. The third-order valence-corrected chi connectivity index (χ3v) is 2.97. The lowest BCUT2D eigenvalue weighted by Crippen LogP contribution is -2.13. The van der Waals surface area contributed by atoms with Gasteiger partial charge in [0.2, 0.25) is 0 Å². The first kappa shape index (κ1) is 10.1. The number of aryl methyl sites for hydroxylation is 1. The molecule has 2 N–H and O–H groups in total. The zero-order valence-corrected chi connectivity index (χ0v) is 8.81. The summed E-state index contributed by atoms with van der Waals surface area (Å²) in [5.74, 6) is -0.0388. The molecule has 1 heterocycles. The lowest BCUT2D eigenvalue weighted by atomic mass is 10.3. The van der Waals surface area contributed by atoms with Gasteiger partial charge in [-0.1, -0.05) is 11.3 Å². The van der Waals surface area contributed by atoms with Crippen LogP contribution in [0.4, 0.5) is 5.13 Å². The quantitative estimate of drug-likeness (QED) is 0.726. The molecule has 1 aromatic heterocycles. The highest BCUT2D eigenvalue weighted by Gasteiger charge is 2.14. The number of ketones is 1. The number of rotatable bonds is 3. The van der Waals surface area contributed by atoms with Crippen LogP contribution in [0.5, 0.6) is 0 Å². The smallest absolute Gasteiger partial charge is 0.188 e. The molecule has 0 aromatic carbocycles. The zero-order valence-electron chi connectivity index (χ0n) is 8.00. The second-order valence-electron chi connectivity index (χ2n) is 2.93. The van der Waals surface area contributed by atoms with Crippen molar-refractivity contribution in [2.75, 3.05) is 25.5 Å². The van der Waals surface area contributed by atoms with E-state index in [2.05, 4.69) is 4.98 Å². The zero-order chi connectivity index (χ0) is 10.0. The van der Waals surface area contributed by atoms with E-state index in [9.17, 15) is 4.79 Å². The van der Waals surface area contributed by atoms with E-state index in [1.54, 1.807) is 0 Å². The summed E-state index contributed by atoms with van der Waals surface area (Å²) in [4.78, 5) is 18.1. The summed E-state index contributed by atoms with van der Waals surface area (Å²) in [5, 5.41) is 0.842. The molecule has 13 heavy (non-hydrogen) atoms. The second-order valence-corrected chi connectivity index (χ2v) is 3.91. The molecule has 0 saturated heterocycles. The Hall–Kier alpha value is -0.940. The van der Waals surface area contributed by atoms with Crippen molar-refractivity contribution in [2.45, 2.75) is 6.92 Å². The number of aromatic nitrogens is 1. The molecule has 0 saturated carbocycles.